The van der Waals surface area contributed by atoms with E-state index in [1.54, 1.807) is 0 Å². The van der Waals surface area contributed by atoms with Gasteiger partial charge in [0.05, 0.1) is 0 Å². The molecule has 0 heterocycles. The van der Waals surface area contributed by atoms with E-state index in [0.29, 0.717) is 0 Å². The van der Waals surface area contributed by atoms with E-state index in [1.807, 2.05) is 0 Å². The van der Waals surface area contributed by atoms with E-state index >= 15 is 0 Å². The minimum absolute atomic E-state index is 0. The molecule has 0 aromatic rings. The van der Waals surface area contributed by atoms with E-state index in [1.165, 1.54) is 0 Å². The molecular formula is H2FKO3S. The van der Waals surface area contributed by atoms with E-state index in [2.05, 4.69) is 0 Å². The summed E-state index contributed by atoms with van der Waals surface area (Å²) in [7, 11) is 0. The third kappa shape index (κ3) is 45.2. The van der Waals surface area contributed by atoms with Crippen molar-refractivity contribution in [3.63, 3.8) is 0 Å². The molecule has 0 fully saturated rings. The van der Waals surface area contributed by atoms with Crippen molar-refractivity contribution in [2.45, 2.75) is 0 Å². The van der Waals surface area contributed by atoms with Gasteiger partial charge in [-0.25, -0.2) is 0 Å². The topological polar surface area (TPSA) is 57.5 Å². The van der Waals surface area contributed by atoms with Gasteiger partial charge in [-0.2, -0.15) is 4.21 Å². The van der Waals surface area contributed by atoms with E-state index in [4.69, 9.17) is 13.3 Å². The van der Waals surface area contributed by atoms with Gasteiger partial charge in [0.25, 0.3) is 11.4 Å². The molecule has 0 aliphatic rings. The molecule has 0 saturated heterocycles. The molecule has 3 nitrogen and oxygen atoms in total. The second-order valence-electron chi connectivity index (χ2n) is 0.231. The van der Waals surface area contributed by atoms with Crippen molar-refractivity contribution in [2.24, 2.45) is 0 Å². The minimum Gasteiger partial charge on any atom is -1.00 e. The van der Waals surface area contributed by atoms with Gasteiger partial charge in [0.1, 0.15) is 0 Å². The van der Waals surface area contributed by atoms with Gasteiger partial charge in [0, 0.05) is 0 Å². The molecule has 0 aliphatic carbocycles. The molecule has 0 rings (SSSR count). The van der Waals surface area contributed by atoms with Gasteiger partial charge in [0.2, 0.25) is 0 Å². The summed E-state index contributed by atoms with van der Waals surface area (Å²) in [5.74, 6) is 0. The van der Waals surface area contributed by atoms with Crippen molar-refractivity contribution >= 4 is 11.4 Å². The molecule has 6 heavy (non-hydrogen) atoms. The molecule has 0 saturated carbocycles. The minimum atomic E-state index is -2.61. The van der Waals surface area contributed by atoms with Crippen LogP contribution in [0.4, 0.5) is 0 Å². The Kier molecular flexibility index (Phi) is 25.6. The monoisotopic (exact) mass is 140 g/mol. The van der Waals surface area contributed by atoms with E-state index < -0.39 is 11.4 Å². The molecule has 0 bridgehead atoms. The average molecular weight is 140 g/mol. The van der Waals surface area contributed by atoms with Crippen LogP contribution in [0.5, 0.6) is 0 Å². The maximum Gasteiger partial charge on any atom is 1.00 e. The standard InChI is InChI=1S/FH.K.H2O3S/c;;1-4(2)3/h1H;;(H2,1,2,3)/q;+1;/p-1. The van der Waals surface area contributed by atoms with Crippen LogP contribution in [-0.4, -0.2) is 13.3 Å². The van der Waals surface area contributed by atoms with Crippen molar-refractivity contribution in [1.29, 1.82) is 0 Å². The summed E-state index contributed by atoms with van der Waals surface area (Å²) in [5.41, 5.74) is 0. The zero-order chi connectivity index (χ0) is 3.58. The first-order valence-corrected chi connectivity index (χ1v) is 1.60. The van der Waals surface area contributed by atoms with Gasteiger partial charge >= 0.3 is 51.4 Å². The van der Waals surface area contributed by atoms with Crippen LogP contribution >= 0.6 is 0 Å². The first-order chi connectivity index (χ1) is 1.73. The van der Waals surface area contributed by atoms with E-state index in [9.17, 15) is 0 Å². The first-order valence-electron chi connectivity index (χ1n) is 0.532. The Morgan fingerprint density at radius 1 is 1.33 bits per heavy atom. The zero-order valence-corrected chi connectivity index (χ0v) is 7.03. The van der Waals surface area contributed by atoms with Gasteiger partial charge in [-0.05, 0) is 0 Å². The van der Waals surface area contributed by atoms with Crippen LogP contribution in [0.25, 0.3) is 0 Å². The summed E-state index contributed by atoms with van der Waals surface area (Å²) < 4.78 is 22.8. The molecule has 0 aliphatic heterocycles. The summed E-state index contributed by atoms with van der Waals surface area (Å²) in [6.45, 7) is 0. The molecule has 34 valence electrons. The molecule has 0 radical (unpaired) electrons. The molecular weight excluding hydrogens is 138 g/mol. The number of rotatable bonds is 0. The normalized spacial score (nSPS) is 5.83. The Bertz CT molecular complexity index is 33.8. The Labute approximate surface area is 79.4 Å². The molecule has 0 unspecified atom stereocenters. The molecule has 6 heteroatoms. The third-order valence-corrected chi connectivity index (χ3v) is 0. The smallest absolute Gasteiger partial charge is 1.00 e. The largest absolute Gasteiger partial charge is 1.00 e. The quantitative estimate of drug-likeness (QED) is 0.260. The average Bonchev–Trinajstić information content (AvgIpc) is 0.811. The van der Waals surface area contributed by atoms with Crippen molar-refractivity contribution in [2.75, 3.05) is 0 Å². The third-order valence-electron chi connectivity index (χ3n) is 0. The summed E-state index contributed by atoms with van der Waals surface area (Å²) in [6.07, 6.45) is 0. The van der Waals surface area contributed by atoms with Crippen molar-refractivity contribution in [3.05, 3.63) is 0 Å². The van der Waals surface area contributed by atoms with Gasteiger partial charge in [-0.15, -0.1) is 0 Å². The van der Waals surface area contributed by atoms with Gasteiger partial charge in [-0.1, -0.05) is 0 Å². The predicted octanol–water partition coefficient (Wildman–Crippen LogP) is -6.31. The predicted molar refractivity (Wildman–Crippen MR) is 13.4 cm³/mol. The Hall–Kier alpha value is 1.64. The fourth-order valence-corrected chi connectivity index (χ4v) is 0. The summed E-state index contributed by atoms with van der Waals surface area (Å²) in [6, 6.07) is 0. The van der Waals surface area contributed by atoms with Crippen LogP contribution in [0.15, 0.2) is 0 Å². The molecule has 0 amide bonds. The molecule has 0 aromatic heterocycles. The van der Waals surface area contributed by atoms with Crippen LogP contribution in [-0.2, 0) is 11.4 Å². The van der Waals surface area contributed by atoms with E-state index in [0.717, 1.165) is 0 Å². The fraction of sp³-hybridized carbons (Fsp3) is 0. The van der Waals surface area contributed by atoms with Crippen molar-refractivity contribution < 1.29 is 69.4 Å². The van der Waals surface area contributed by atoms with Gasteiger partial charge in [-0.3, -0.25) is 9.11 Å². The molecule has 2 N–H and O–H groups in total. The SMILES string of the molecule is O=S(O)O.[F-].[K+]. The van der Waals surface area contributed by atoms with Crippen LogP contribution < -0.4 is 56.1 Å². The molecule has 0 aromatic carbocycles. The van der Waals surface area contributed by atoms with Crippen LogP contribution in [0.3, 0.4) is 0 Å². The number of hydrogen-bond acceptors (Lipinski definition) is 1. The van der Waals surface area contributed by atoms with Crippen LogP contribution in [0.2, 0.25) is 0 Å². The number of hydrogen-bond donors (Lipinski definition) is 2. The van der Waals surface area contributed by atoms with Crippen molar-refractivity contribution in [3.8, 4) is 0 Å². The molecule has 0 atom stereocenters. The zero-order valence-electron chi connectivity index (χ0n) is 3.09. The van der Waals surface area contributed by atoms with Gasteiger partial charge in [0.15, 0.2) is 0 Å². The van der Waals surface area contributed by atoms with Crippen molar-refractivity contribution in [1.82, 2.24) is 0 Å². The van der Waals surface area contributed by atoms with Crippen LogP contribution in [0, 0.1) is 0 Å². The second-order valence-corrected chi connectivity index (χ2v) is 0.692. The second kappa shape index (κ2) is 9.81. The molecule has 0 spiro atoms. The summed E-state index contributed by atoms with van der Waals surface area (Å²) in [5, 5.41) is 0. The fourth-order valence-electron chi connectivity index (χ4n) is 0. The first kappa shape index (κ1) is 15.6. The van der Waals surface area contributed by atoms with Crippen LogP contribution in [0.1, 0.15) is 0 Å². The Morgan fingerprint density at radius 2 is 1.33 bits per heavy atom. The Morgan fingerprint density at radius 3 is 1.33 bits per heavy atom. The number of halogens is 1. The maximum atomic E-state index is 8.67. The summed E-state index contributed by atoms with van der Waals surface area (Å²) >= 11 is -2.61. The Balaban J connectivity index is -0.0000000450. The maximum absolute atomic E-state index is 8.67. The summed E-state index contributed by atoms with van der Waals surface area (Å²) in [4.78, 5) is 0. The van der Waals surface area contributed by atoms with E-state index in [-0.39, 0.29) is 56.1 Å². The van der Waals surface area contributed by atoms with Gasteiger partial charge < -0.3 is 4.70 Å².